The maximum atomic E-state index is 13.4. The van der Waals surface area contributed by atoms with Gasteiger partial charge in [-0.2, -0.15) is 5.10 Å². The van der Waals surface area contributed by atoms with Crippen LogP contribution in [0.25, 0.3) is 5.70 Å². The molecule has 0 spiro atoms. The first-order valence-corrected chi connectivity index (χ1v) is 12.9. The maximum Gasteiger partial charge on any atom is 0.178 e. The van der Waals surface area contributed by atoms with Gasteiger partial charge in [-0.15, -0.1) is 0 Å². The number of hydrogen-bond donors (Lipinski definition) is 0. The summed E-state index contributed by atoms with van der Waals surface area (Å²) in [4.78, 5) is 13.9. The normalized spacial score (nSPS) is 32.6. The summed E-state index contributed by atoms with van der Waals surface area (Å²) in [6.07, 6.45) is 17.1. The van der Waals surface area contributed by atoms with E-state index >= 15 is 0 Å². The minimum absolute atomic E-state index is 0.0334. The van der Waals surface area contributed by atoms with Crippen molar-refractivity contribution >= 4 is 25.9 Å². The number of ketones is 1. The number of nitrogens with zero attached hydrogens (tertiary/aromatic N) is 2. The number of carbonyl (C=O) groups excluding carboxylic acids is 1. The molecule has 1 aromatic heterocycles. The number of aromatic nitrogens is 2. The third-order valence-corrected chi connectivity index (χ3v) is 8.27. The van der Waals surface area contributed by atoms with Crippen LogP contribution >= 0.6 is 0 Å². The third-order valence-electron chi connectivity index (χ3n) is 6.89. The molecule has 0 amide bonds. The van der Waals surface area contributed by atoms with Gasteiger partial charge in [0.25, 0.3) is 0 Å². The number of carbonyl (C=O) groups is 1. The summed E-state index contributed by atoms with van der Waals surface area (Å²) in [5.41, 5.74) is 0.309. The van der Waals surface area contributed by atoms with Gasteiger partial charge in [0.15, 0.2) is 5.78 Å². The Morgan fingerprint density at radius 1 is 1.11 bits per heavy atom. The van der Waals surface area contributed by atoms with E-state index in [9.17, 15) is 9.00 Å². The van der Waals surface area contributed by atoms with E-state index in [0.29, 0.717) is 4.86 Å². The van der Waals surface area contributed by atoms with Gasteiger partial charge in [0, 0.05) is 30.3 Å². The zero-order chi connectivity index (χ0) is 20.3. The standard InChI is InChI=1S/C23H34N2O2S/c1-22(2,3)21(26)20(28(4,5)27)19(25-8-6-7-24-25)15-23-12-16-9-17(13-23)11-18(10-16)14-23/h6-8,15-18H,9-14H2,1-5H3/b19-15+. The fraction of sp³-hybridized carbons (Fsp3) is 0.696. The average Bonchev–Trinajstić information content (AvgIpc) is 3.04. The van der Waals surface area contributed by atoms with Crippen LogP contribution in [-0.4, -0.2) is 37.1 Å². The second-order valence-corrected chi connectivity index (χ2v) is 13.8. The van der Waals surface area contributed by atoms with Crippen LogP contribution in [0.15, 0.2) is 24.5 Å². The van der Waals surface area contributed by atoms with Crippen LogP contribution in [0.1, 0.15) is 59.3 Å². The van der Waals surface area contributed by atoms with Crippen molar-refractivity contribution in [3.63, 3.8) is 0 Å². The molecule has 4 bridgehead atoms. The molecular weight excluding hydrogens is 368 g/mol. The van der Waals surface area contributed by atoms with E-state index in [0.717, 1.165) is 23.5 Å². The van der Waals surface area contributed by atoms with Gasteiger partial charge in [-0.3, -0.25) is 9.00 Å². The molecule has 1 aromatic rings. The molecule has 1 heterocycles. The lowest BCUT2D eigenvalue weighted by Crippen LogP contribution is -2.45. The summed E-state index contributed by atoms with van der Waals surface area (Å²) in [6, 6.07) is 1.87. The van der Waals surface area contributed by atoms with Crippen molar-refractivity contribution in [2.45, 2.75) is 59.3 Å². The van der Waals surface area contributed by atoms with Crippen LogP contribution in [0.2, 0.25) is 0 Å². The highest BCUT2D eigenvalue weighted by Crippen LogP contribution is 2.61. The molecule has 154 valence electrons. The predicted octanol–water partition coefficient (Wildman–Crippen LogP) is 4.27. The Labute approximate surface area is 169 Å². The van der Waals surface area contributed by atoms with Crippen molar-refractivity contribution < 1.29 is 9.00 Å². The molecule has 4 nitrogen and oxygen atoms in total. The van der Waals surface area contributed by atoms with Crippen molar-refractivity contribution in [2.75, 3.05) is 12.5 Å². The van der Waals surface area contributed by atoms with Gasteiger partial charge in [0.1, 0.15) is 0 Å². The third kappa shape index (κ3) is 3.62. The minimum Gasteiger partial charge on any atom is -0.293 e. The molecule has 0 saturated heterocycles. The molecule has 5 heteroatoms. The Morgan fingerprint density at radius 2 is 1.64 bits per heavy atom. The molecule has 4 aliphatic rings. The van der Waals surface area contributed by atoms with Gasteiger partial charge in [-0.25, -0.2) is 4.68 Å². The van der Waals surface area contributed by atoms with Gasteiger partial charge in [0.05, 0.1) is 10.6 Å². The van der Waals surface area contributed by atoms with E-state index in [1.165, 1.54) is 38.5 Å². The van der Waals surface area contributed by atoms with E-state index in [1.807, 2.05) is 33.0 Å². The quantitative estimate of drug-likeness (QED) is 0.558. The first-order chi connectivity index (χ1) is 13.0. The summed E-state index contributed by atoms with van der Waals surface area (Å²) < 4.78 is 15.1. The fourth-order valence-corrected chi connectivity index (χ4v) is 7.63. The zero-order valence-electron chi connectivity index (χ0n) is 17.9. The summed E-state index contributed by atoms with van der Waals surface area (Å²) in [5.74, 6) is 2.41. The van der Waals surface area contributed by atoms with Gasteiger partial charge in [-0.05, 0) is 77.3 Å². The Morgan fingerprint density at radius 3 is 2.04 bits per heavy atom. The second-order valence-electron chi connectivity index (χ2n) is 10.9. The number of hydrogen-bond acceptors (Lipinski definition) is 3. The summed E-state index contributed by atoms with van der Waals surface area (Å²) >= 11 is 0. The van der Waals surface area contributed by atoms with Gasteiger partial charge in [0.2, 0.25) is 0 Å². The Kier molecular flexibility index (Phi) is 4.68. The second kappa shape index (κ2) is 6.58. The van der Waals surface area contributed by atoms with E-state index in [-0.39, 0.29) is 11.2 Å². The number of rotatable bonds is 4. The molecule has 0 aliphatic heterocycles. The van der Waals surface area contributed by atoms with Crippen LogP contribution < -0.4 is 0 Å². The van der Waals surface area contributed by atoms with Gasteiger partial charge >= 0.3 is 0 Å². The molecule has 0 N–H and O–H groups in total. The highest BCUT2D eigenvalue weighted by atomic mass is 32.2. The summed E-state index contributed by atoms with van der Waals surface area (Å²) in [5, 5.41) is 4.46. The monoisotopic (exact) mass is 402 g/mol. The first kappa shape index (κ1) is 19.9. The number of Topliss-reactive ketones (excluding diaryl/α,β-unsaturated/α-hetero) is 1. The molecule has 0 atom stereocenters. The first-order valence-electron chi connectivity index (χ1n) is 10.6. The van der Waals surface area contributed by atoms with Crippen molar-refractivity contribution in [3.8, 4) is 0 Å². The molecule has 28 heavy (non-hydrogen) atoms. The highest BCUT2D eigenvalue weighted by Gasteiger charge is 2.50. The molecule has 4 saturated carbocycles. The highest BCUT2D eigenvalue weighted by molar-refractivity contribution is 8.03. The Balaban J connectivity index is 1.89. The lowest BCUT2D eigenvalue weighted by Gasteiger charge is -2.56. The van der Waals surface area contributed by atoms with E-state index in [4.69, 9.17) is 0 Å². The van der Waals surface area contributed by atoms with Crippen LogP contribution in [0, 0.1) is 28.6 Å². The molecule has 0 unspecified atom stereocenters. The Bertz CT molecular complexity index is 881. The molecular formula is C23H34N2O2S. The molecule has 4 fully saturated rings. The lowest BCUT2D eigenvalue weighted by atomic mass is 9.49. The molecule has 4 aliphatic carbocycles. The van der Waals surface area contributed by atoms with Crippen molar-refractivity contribution in [3.05, 3.63) is 24.5 Å². The number of allylic oxidation sites excluding steroid dienone is 2. The Hall–Kier alpha value is -1.36. The maximum absolute atomic E-state index is 13.4. The zero-order valence-corrected chi connectivity index (χ0v) is 18.7. The predicted molar refractivity (Wildman–Crippen MR) is 117 cm³/mol. The van der Waals surface area contributed by atoms with Crippen molar-refractivity contribution in [2.24, 2.45) is 28.6 Å². The average molecular weight is 403 g/mol. The SMILES string of the molecule is CC(C)(C)C(=O)C(/C(=C\C12CC3CC(CC(C3)C1)C2)n1cccn1)=S(C)(C)=O. The van der Waals surface area contributed by atoms with E-state index in [1.54, 1.807) is 23.4 Å². The van der Waals surface area contributed by atoms with Crippen LogP contribution in [0.5, 0.6) is 0 Å². The largest absolute Gasteiger partial charge is 0.293 e. The smallest absolute Gasteiger partial charge is 0.178 e. The summed E-state index contributed by atoms with van der Waals surface area (Å²) in [6.45, 7) is 5.73. The van der Waals surface area contributed by atoms with Crippen LogP contribution in [0.4, 0.5) is 0 Å². The minimum atomic E-state index is -2.47. The van der Waals surface area contributed by atoms with Gasteiger partial charge in [-0.1, -0.05) is 26.8 Å². The lowest BCUT2D eigenvalue weighted by molar-refractivity contribution is -0.119. The topological polar surface area (TPSA) is 52.0 Å². The molecule has 0 radical (unpaired) electrons. The van der Waals surface area contributed by atoms with E-state index in [2.05, 4.69) is 11.2 Å². The van der Waals surface area contributed by atoms with E-state index < -0.39 is 14.9 Å². The van der Waals surface area contributed by atoms with Crippen LogP contribution in [-0.2, 0) is 14.3 Å². The van der Waals surface area contributed by atoms with Gasteiger partial charge < -0.3 is 0 Å². The van der Waals surface area contributed by atoms with Crippen molar-refractivity contribution in [1.82, 2.24) is 9.78 Å². The fourth-order valence-electron chi connectivity index (χ4n) is 6.22. The summed E-state index contributed by atoms with van der Waals surface area (Å²) in [7, 11) is -2.47. The van der Waals surface area contributed by atoms with Crippen molar-refractivity contribution in [1.29, 1.82) is 0 Å². The molecule has 0 aromatic carbocycles. The molecule has 5 rings (SSSR count). The van der Waals surface area contributed by atoms with Crippen LogP contribution in [0.3, 0.4) is 0 Å².